The number of hydrogen-bond acceptors (Lipinski definition) is 5. The first kappa shape index (κ1) is 27.1. The van der Waals surface area contributed by atoms with Gasteiger partial charge in [0.05, 0.1) is 34.3 Å². The van der Waals surface area contributed by atoms with Gasteiger partial charge in [-0.05, 0) is 23.8 Å². The van der Waals surface area contributed by atoms with Crippen molar-refractivity contribution in [1.82, 2.24) is 14.8 Å². The molecule has 1 saturated carbocycles. The average Bonchev–Trinajstić information content (AvgIpc) is 3.61. The highest BCUT2D eigenvalue weighted by atomic mass is 35.5. The summed E-state index contributed by atoms with van der Waals surface area (Å²) in [6.45, 7) is 2.73. The molecule has 3 aromatic rings. The molecule has 1 saturated heterocycles. The number of halogens is 5. The zero-order chi connectivity index (χ0) is 27.1. The van der Waals surface area contributed by atoms with E-state index in [-0.39, 0.29) is 46.7 Å². The number of hydrogen-bond donors (Lipinski definition) is 2. The first-order chi connectivity index (χ1) is 18.2. The number of fused-ring (bicyclic) bond motifs is 1. The molecule has 7 nitrogen and oxygen atoms in total. The van der Waals surface area contributed by atoms with E-state index in [4.69, 9.17) is 34.8 Å². The second-order valence-corrected chi connectivity index (χ2v) is 10.7. The van der Waals surface area contributed by atoms with Crippen molar-refractivity contribution in [2.45, 2.75) is 25.2 Å². The fourth-order valence-electron chi connectivity index (χ4n) is 4.86. The average molecular weight is 586 g/mol. The maximum atomic E-state index is 15.5. The van der Waals surface area contributed by atoms with Crippen molar-refractivity contribution in [2.24, 2.45) is 0 Å². The molecule has 2 fully saturated rings. The smallest absolute Gasteiger partial charge is 0.257 e. The van der Waals surface area contributed by atoms with Crippen LogP contribution in [0.25, 0.3) is 10.9 Å². The molecule has 2 aliphatic rings. The van der Waals surface area contributed by atoms with E-state index in [2.05, 4.69) is 10.2 Å². The summed E-state index contributed by atoms with van der Waals surface area (Å²) in [5.41, 5.74) is -0.0149. The van der Waals surface area contributed by atoms with Crippen molar-refractivity contribution in [3.8, 4) is 0 Å². The molecular weight excluding hydrogens is 561 g/mol. The SMILES string of the molecule is O=C(NCc1ccc(Cl)cc1Cl)c1cn(C2CC2F)c2c(Cl)c(N3CCN(CCO)CC3)c(F)cc2c1=O. The first-order valence-corrected chi connectivity index (χ1v) is 13.3. The second-order valence-electron chi connectivity index (χ2n) is 9.49. The van der Waals surface area contributed by atoms with E-state index in [9.17, 15) is 19.1 Å². The van der Waals surface area contributed by atoms with Gasteiger partial charge in [0.15, 0.2) is 0 Å². The molecule has 2 heterocycles. The molecule has 2 aromatic carbocycles. The molecular formula is C26H25Cl3F2N4O3. The van der Waals surface area contributed by atoms with Gasteiger partial charge < -0.3 is 19.9 Å². The summed E-state index contributed by atoms with van der Waals surface area (Å²) in [4.78, 5) is 30.3. The summed E-state index contributed by atoms with van der Waals surface area (Å²) in [6.07, 6.45) is 0.332. The molecule has 2 N–H and O–H groups in total. The van der Waals surface area contributed by atoms with Crippen LogP contribution >= 0.6 is 34.8 Å². The van der Waals surface area contributed by atoms with E-state index in [0.717, 1.165) is 6.07 Å². The van der Waals surface area contributed by atoms with E-state index >= 15 is 4.39 Å². The van der Waals surface area contributed by atoms with Crippen LogP contribution in [0, 0.1) is 5.82 Å². The number of carbonyl (C=O) groups is 1. The lowest BCUT2D eigenvalue weighted by molar-refractivity contribution is 0.0949. The number of anilines is 1. The molecule has 0 bridgehead atoms. The largest absolute Gasteiger partial charge is 0.395 e. The highest BCUT2D eigenvalue weighted by Crippen LogP contribution is 2.44. The fraction of sp³-hybridized carbons (Fsp3) is 0.385. The van der Waals surface area contributed by atoms with Gasteiger partial charge in [0.2, 0.25) is 5.43 Å². The summed E-state index contributed by atoms with van der Waals surface area (Å²) in [5, 5.41) is 12.5. The van der Waals surface area contributed by atoms with Crippen LogP contribution in [0.5, 0.6) is 0 Å². The van der Waals surface area contributed by atoms with E-state index < -0.39 is 29.4 Å². The number of aliphatic hydroxyl groups is 1. The Kier molecular flexibility index (Phi) is 7.84. The van der Waals surface area contributed by atoms with Crippen LogP contribution in [0.3, 0.4) is 0 Å². The lowest BCUT2D eigenvalue weighted by Gasteiger charge is -2.36. The van der Waals surface area contributed by atoms with Crippen molar-refractivity contribution in [3.05, 3.63) is 72.7 Å². The monoisotopic (exact) mass is 584 g/mol. The lowest BCUT2D eigenvalue weighted by atomic mass is 10.1. The molecule has 5 rings (SSSR count). The zero-order valence-corrected chi connectivity index (χ0v) is 22.5. The van der Waals surface area contributed by atoms with Crippen LogP contribution in [0.1, 0.15) is 28.4 Å². The van der Waals surface area contributed by atoms with Gasteiger partial charge in [-0.3, -0.25) is 14.5 Å². The minimum Gasteiger partial charge on any atom is -0.395 e. The van der Waals surface area contributed by atoms with Crippen molar-refractivity contribution < 1.29 is 18.7 Å². The quantitative estimate of drug-likeness (QED) is 0.429. The lowest BCUT2D eigenvalue weighted by Crippen LogP contribution is -2.47. The molecule has 202 valence electrons. The summed E-state index contributed by atoms with van der Waals surface area (Å²) in [7, 11) is 0. The van der Waals surface area contributed by atoms with Crippen LogP contribution in [0.4, 0.5) is 14.5 Å². The van der Waals surface area contributed by atoms with Gasteiger partial charge in [-0.2, -0.15) is 0 Å². The molecule has 1 amide bonds. The summed E-state index contributed by atoms with van der Waals surface area (Å²) in [5.74, 6) is -1.40. The minimum atomic E-state index is -1.17. The summed E-state index contributed by atoms with van der Waals surface area (Å²) < 4.78 is 31.2. The van der Waals surface area contributed by atoms with Crippen LogP contribution in [0.2, 0.25) is 15.1 Å². The Balaban J connectivity index is 1.52. The number of benzene rings is 2. The van der Waals surface area contributed by atoms with Crippen molar-refractivity contribution >= 4 is 57.3 Å². The number of carbonyl (C=O) groups excluding carboxylic acids is 1. The number of alkyl halides is 1. The number of pyridine rings is 1. The second kappa shape index (κ2) is 11.0. The van der Waals surface area contributed by atoms with Crippen LogP contribution in [-0.2, 0) is 6.54 Å². The molecule has 1 aliphatic heterocycles. The molecule has 0 radical (unpaired) electrons. The van der Waals surface area contributed by atoms with Crippen molar-refractivity contribution in [3.63, 3.8) is 0 Å². The third kappa shape index (κ3) is 5.22. The molecule has 12 heteroatoms. The van der Waals surface area contributed by atoms with Crippen LogP contribution < -0.4 is 15.6 Å². The number of aliphatic hydroxyl groups excluding tert-OH is 1. The highest BCUT2D eigenvalue weighted by Gasteiger charge is 2.41. The van der Waals surface area contributed by atoms with E-state index in [1.165, 1.54) is 16.8 Å². The predicted octanol–water partition coefficient (Wildman–Crippen LogP) is 4.43. The molecule has 1 aliphatic carbocycles. The number of amides is 1. The maximum absolute atomic E-state index is 15.5. The molecule has 2 atom stereocenters. The summed E-state index contributed by atoms with van der Waals surface area (Å²) >= 11 is 18.8. The normalized spacial score (nSPS) is 19.7. The van der Waals surface area contributed by atoms with Gasteiger partial charge in [-0.25, -0.2) is 8.78 Å². The Hall–Kier alpha value is -2.43. The van der Waals surface area contributed by atoms with Gasteiger partial charge in [-0.15, -0.1) is 0 Å². The molecule has 0 spiro atoms. The number of rotatable bonds is 7. The van der Waals surface area contributed by atoms with Crippen LogP contribution in [-0.4, -0.2) is 66.0 Å². The number of β-amino-alcohol motifs (C(OH)–C–C–N with tert-alkyl or cyclic N) is 1. The first-order valence-electron chi connectivity index (χ1n) is 12.2. The number of nitrogens with one attached hydrogen (secondary N) is 1. The van der Waals surface area contributed by atoms with Gasteiger partial charge in [0.25, 0.3) is 5.91 Å². The number of aromatic nitrogens is 1. The van der Waals surface area contributed by atoms with E-state index in [1.807, 2.05) is 0 Å². The summed E-state index contributed by atoms with van der Waals surface area (Å²) in [6, 6.07) is 5.28. The Bertz CT molecular complexity index is 1460. The Morgan fingerprint density at radius 2 is 1.84 bits per heavy atom. The predicted molar refractivity (Wildman–Crippen MR) is 145 cm³/mol. The van der Waals surface area contributed by atoms with Gasteiger partial charge in [0, 0.05) is 61.9 Å². The maximum Gasteiger partial charge on any atom is 0.257 e. The van der Waals surface area contributed by atoms with Gasteiger partial charge in [-0.1, -0.05) is 40.9 Å². The Labute approximate surface area is 232 Å². The number of nitrogens with zero attached hydrogens (tertiary/aromatic N) is 3. The van der Waals surface area contributed by atoms with E-state index in [1.54, 1.807) is 17.0 Å². The fourth-order valence-corrected chi connectivity index (χ4v) is 5.74. The molecule has 2 unspecified atom stereocenters. The Morgan fingerprint density at radius 3 is 2.47 bits per heavy atom. The zero-order valence-electron chi connectivity index (χ0n) is 20.2. The standard InChI is InChI=1S/C26H25Cl3F2N4O3/c27-15-2-1-14(18(28)9-15)12-32-26(38)17-13-35(21-11-19(21)30)23-16(25(17)37)10-20(31)24(22(23)29)34-5-3-33(4-6-34)7-8-36/h1-2,9-10,13,19,21,36H,3-8,11-12H2,(H,32,38). The Morgan fingerprint density at radius 1 is 1.13 bits per heavy atom. The highest BCUT2D eigenvalue weighted by molar-refractivity contribution is 6.38. The third-order valence-electron chi connectivity index (χ3n) is 7.03. The minimum absolute atomic E-state index is 0.00622. The van der Waals surface area contributed by atoms with E-state index in [0.29, 0.717) is 48.3 Å². The third-order valence-corrected chi connectivity index (χ3v) is 7.97. The molecule has 38 heavy (non-hydrogen) atoms. The van der Waals surface area contributed by atoms with Crippen molar-refractivity contribution in [2.75, 3.05) is 44.2 Å². The van der Waals surface area contributed by atoms with Gasteiger partial charge >= 0.3 is 0 Å². The van der Waals surface area contributed by atoms with Gasteiger partial charge in [0.1, 0.15) is 17.6 Å². The van der Waals surface area contributed by atoms with Crippen LogP contribution in [0.15, 0.2) is 35.3 Å². The molecule has 1 aromatic heterocycles. The van der Waals surface area contributed by atoms with Crippen molar-refractivity contribution in [1.29, 1.82) is 0 Å². The topological polar surface area (TPSA) is 77.8 Å². The number of piperazine rings is 1.